The fourth-order valence-electron chi connectivity index (χ4n) is 6.48. The maximum atomic E-state index is 9.39. The SMILES string of the molecule is C=Cc1nc(-c2ccc(-c3cccc(C#N)c3)cc2)c(-c2ccc(-c3nc(-c4ccccc4)cc(-c4ccc(-c5ccccc5)cc4)n3)cc2)nc1C=C. The lowest BCUT2D eigenvalue weighted by molar-refractivity contribution is 1.17. The largest absolute Gasteiger partial charge is 0.244 e. The first-order valence-electron chi connectivity index (χ1n) is 17.6. The third-order valence-electron chi connectivity index (χ3n) is 9.32. The minimum atomic E-state index is 0.620. The van der Waals surface area contributed by atoms with Crippen molar-refractivity contribution in [2.45, 2.75) is 0 Å². The average Bonchev–Trinajstić information content (AvgIpc) is 3.26. The molecular formula is C49H33N5. The molecule has 2 heterocycles. The van der Waals surface area contributed by atoms with Gasteiger partial charge in [0.25, 0.3) is 0 Å². The van der Waals surface area contributed by atoms with Crippen LogP contribution in [0.25, 0.3) is 90.8 Å². The topological polar surface area (TPSA) is 75.3 Å². The van der Waals surface area contributed by atoms with Gasteiger partial charge in [0.15, 0.2) is 5.82 Å². The molecule has 0 bridgehead atoms. The Balaban J connectivity index is 1.18. The third kappa shape index (κ3) is 6.88. The van der Waals surface area contributed by atoms with E-state index in [4.69, 9.17) is 19.9 Å². The van der Waals surface area contributed by atoms with E-state index < -0.39 is 0 Å². The third-order valence-corrected chi connectivity index (χ3v) is 9.32. The van der Waals surface area contributed by atoms with Crippen molar-refractivity contribution in [1.29, 1.82) is 5.26 Å². The lowest BCUT2D eigenvalue weighted by atomic mass is 9.98. The van der Waals surface area contributed by atoms with Gasteiger partial charge in [-0.2, -0.15) is 5.26 Å². The van der Waals surface area contributed by atoms with Crippen LogP contribution in [0.3, 0.4) is 0 Å². The highest BCUT2D eigenvalue weighted by molar-refractivity contribution is 5.83. The fourth-order valence-corrected chi connectivity index (χ4v) is 6.48. The van der Waals surface area contributed by atoms with E-state index >= 15 is 0 Å². The minimum Gasteiger partial charge on any atom is -0.244 e. The summed E-state index contributed by atoms with van der Waals surface area (Å²) in [5.41, 5.74) is 14.1. The molecule has 0 radical (unpaired) electrons. The molecule has 254 valence electrons. The lowest BCUT2D eigenvalue weighted by Crippen LogP contribution is -2.00. The van der Waals surface area contributed by atoms with Crippen molar-refractivity contribution in [2.75, 3.05) is 0 Å². The predicted molar refractivity (Wildman–Crippen MR) is 221 cm³/mol. The normalized spacial score (nSPS) is 10.7. The van der Waals surface area contributed by atoms with Gasteiger partial charge in [0.2, 0.25) is 0 Å². The van der Waals surface area contributed by atoms with Crippen LogP contribution in [0, 0.1) is 11.3 Å². The van der Waals surface area contributed by atoms with Crippen LogP contribution >= 0.6 is 0 Å². The Morgan fingerprint density at radius 1 is 0.389 bits per heavy atom. The summed E-state index contributed by atoms with van der Waals surface area (Å²) in [5, 5.41) is 9.39. The van der Waals surface area contributed by atoms with Crippen molar-refractivity contribution in [3.8, 4) is 84.7 Å². The number of hydrogen-bond donors (Lipinski definition) is 0. The molecule has 0 spiro atoms. The van der Waals surface area contributed by atoms with Crippen LogP contribution < -0.4 is 0 Å². The number of nitrogens with zero attached hydrogens (tertiary/aromatic N) is 5. The summed E-state index contributed by atoms with van der Waals surface area (Å²) >= 11 is 0. The summed E-state index contributed by atoms with van der Waals surface area (Å²) in [6.07, 6.45) is 3.40. The fraction of sp³-hybridized carbons (Fsp3) is 0. The smallest absolute Gasteiger partial charge is 0.160 e. The Morgan fingerprint density at radius 3 is 1.31 bits per heavy atom. The first kappa shape index (κ1) is 33.6. The van der Waals surface area contributed by atoms with E-state index in [-0.39, 0.29) is 0 Å². The van der Waals surface area contributed by atoms with Gasteiger partial charge in [0, 0.05) is 27.8 Å². The minimum absolute atomic E-state index is 0.620. The lowest BCUT2D eigenvalue weighted by Gasteiger charge is -2.14. The van der Waals surface area contributed by atoms with Crippen LogP contribution in [0.5, 0.6) is 0 Å². The van der Waals surface area contributed by atoms with Gasteiger partial charge in [-0.1, -0.05) is 159 Å². The molecule has 0 unspecified atom stereocenters. The Kier molecular flexibility index (Phi) is 9.31. The molecule has 54 heavy (non-hydrogen) atoms. The van der Waals surface area contributed by atoms with Crippen LogP contribution in [0.15, 0.2) is 177 Å². The van der Waals surface area contributed by atoms with Crippen molar-refractivity contribution in [3.63, 3.8) is 0 Å². The zero-order valence-electron chi connectivity index (χ0n) is 29.4. The Hall–Kier alpha value is -7.55. The number of hydrogen-bond acceptors (Lipinski definition) is 5. The van der Waals surface area contributed by atoms with Gasteiger partial charge < -0.3 is 0 Å². The molecule has 8 aromatic rings. The molecule has 0 aliphatic carbocycles. The van der Waals surface area contributed by atoms with E-state index in [0.717, 1.165) is 67.3 Å². The van der Waals surface area contributed by atoms with Gasteiger partial charge in [-0.15, -0.1) is 0 Å². The summed E-state index contributed by atoms with van der Waals surface area (Å²) in [7, 11) is 0. The summed E-state index contributed by atoms with van der Waals surface area (Å²) in [6, 6.07) is 57.2. The maximum Gasteiger partial charge on any atom is 0.160 e. The van der Waals surface area contributed by atoms with E-state index in [1.165, 1.54) is 5.56 Å². The van der Waals surface area contributed by atoms with E-state index in [0.29, 0.717) is 22.8 Å². The molecule has 0 aliphatic heterocycles. The second kappa shape index (κ2) is 15.0. The monoisotopic (exact) mass is 691 g/mol. The molecule has 0 aliphatic rings. The molecule has 0 atom stereocenters. The standard InChI is InChI=1S/C49H33N5/c1-3-43-44(4-2)52-48(47(51-43)39-24-20-36(21-25-39)42-17-11-12-33(30-42)32-50)40-26-28-41(29-27-40)49-53-45(37-15-9-6-10-16-37)31-46(54-49)38-22-18-35(19-23-38)34-13-7-5-8-14-34/h3-31H,1-2H2. The van der Waals surface area contributed by atoms with Gasteiger partial charge in [-0.05, 0) is 52.6 Å². The number of benzene rings is 6. The molecule has 0 N–H and O–H groups in total. The van der Waals surface area contributed by atoms with Gasteiger partial charge in [0.1, 0.15) is 0 Å². The summed E-state index contributed by atoms with van der Waals surface area (Å²) in [5.74, 6) is 0.626. The number of aromatic nitrogens is 4. The molecule has 0 fully saturated rings. The van der Waals surface area contributed by atoms with Gasteiger partial charge in [-0.25, -0.2) is 19.9 Å². The molecule has 2 aromatic heterocycles. The maximum absolute atomic E-state index is 9.39. The number of nitriles is 1. The van der Waals surface area contributed by atoms with E-state index in [1.54, 1.807) is 18.2 Å². The highest BCUT2D eigenvalue weighted by Crippen LogP contribution is 2.35. The highest BCUT2D eigenvalue weighted by Gasteiger charge is 2.17. The first-order valence-corrected chi connectivity index (χ1v) is 17.6. The highest BCUT2D eigenvalue weighted by atomic mass is 14.9. The molecular weight excluding hydrogens is 659 g/mol. The zero-order valence-corrected chi connectivity index (χ0v) is 29.4. The number of rotatable bonds is 9. The molecule has 8 rings (SSSR count). The Morgan fingerprint density at radius 2 is 0.796 bits per heavy atom. The Labute approximate surface area is 315 Å². The molecule has 0 saturated carbocycles. The van der Waals surface area contributed by atoms with Gasteiger partial charge in [-0.3, -0.25) is 0 Å². The molecule has 6 aromatic carbocycles. The van der Waals surface area contributed by atoms with Crippen LogP contribution in [0.2, 0.25) is 0 Å². The van der Waals surface area contributed by atoms with E-state index in [1.807, 2.05) is 91.0 Å². The predicted octanol–water partition coefficient (Wildman–Crippen LogP) is 12.1. The molecule has 5 nitrogen and oxygen atoms in total. The Bertz CT molecular complexity index is 2660. The molecule has 0 saturated heterocycles. The molecule has 0 amide bonds. The summed E-state index contributed by atoms with van der Waals surface area (Å²) in [4.78, 5) is 20.2. The van der Waals surface area contributed by atoms with Crippen LogP contribution in [0.1, 0.15) is 17.0 Å². The summed E-state index contributed by atoms with van der Waals surface area (Å²) < 4.78 is 0. The zero-order chi connectivity index (χ0) is 36.9. The van der Waals surface area contributed by atoms with Crippen LogP contribution in [0.4, 0.5) is 0 Å². The van der Waals surface area contributed by atoms with E-state index in [2.05, 4.69) is 86.0 Å². The van der Waals surface area contributed by atoms with Crippen molar-refractivity contribution < 1.29 is 0 Å². The van der Waals surface area contributed by atoms with E-state index in [9.17, 15) is 5.26 Å². The average molecular weight is 692 g/mol. The van der Waals surface area contributed by atoms with Crippen LogP contribution in [-0.4, -0.2) is 19.9 Å². The second-order valence-corrected chi connectivity index (χ2v) is 12.7. The van der Waals surface area contributed by atoms with Gasteiger partial charge in [0.05, 0.1) is 45.8 Å². The van der Waals surface area contributed by atoms with Crippen molar-refractivity contribution in [2.24, 2.45) is 0 Å². The summed E-state index contributed by atoms with van der Waals surface area (Å²) in [6.45, 7) is 7.96. The van der Waals surface area contributed by atoms with Crippen molar-refractivity contribution >= 4 is 12.2 Å². The first-order chi connectivity index (χ1) is 26.6. The quantitative estimate of drug-likeness (QED) is 0.151. The molecule has 5 heteroatoms. The van der Waals surface area contributed by atoms with Gasteiger partial charge >= 0.3 is 0 Å². The second-order valence-electron chi connectivity index (χ2n) is 12.7. The van der Waals surface area contributed by atoms with Crippen LogP contribution in [-0.2, 0) is 0 Å². The van der Waals surface area contributed by atoms with Crippen molar-refractivity contribution in [3.05, 3.63) is 194 Å². The van der Waals surface area contributed by atoms with Crippen molar-refractivity contribution in [1.82, 2.24) is 19.9 Å².